The number of hydrogen-bond donors (Lipinski definition) is 1. The number of alkyl halides is 3. The Balaban J connectivity index is 1.70. The standard InChI is InChI=1S/C18H19F3N2O3/c1-10(23-16(25)13-4-2-3-5-14(13)17(23)26)15(24)22-12-8-6-11(7-9-12)18(19,20)21/h6-10,13-14H,2-5H2,1H3,(H,22,24). The average molecular weight is 368 g/mol. The quantitative estimate of drug-likeness (QED) is 0.833. The lowest BCUT2D eigenvalue weighted by molar-refractivity contribution is -0.146. The zero-order chi connectivity index (χ0) is 19.1. The van der Waals surface area contributed by atoms with E-state index in [0.717, 1.165) is 42.0 Å². The van der Waals surface area contributed by atoms with Crippen molar-refractivity contribution in [1.82, 2.24) is 4.90 Å². The first-order valence-corrected chi connectivity index (χ1v) is 8.55. The molecule has 8 heteroatoms. The van der Waals surface area contributed by atoms with Crippen molar-refractivity contribution in [2.45, 2.75) is 44.8 Å². The van der Waals surface area contributed by atoms with E-state index in [0.29, 0.717) is 12.8 Å². The molecule has 5 nitrogen and oxygen atoms in total. The summed E-state index contributed by atoms with van der Waals surface area (Å²) >= 11 is 0. The van der Waals surface area contributed by atoms with Gasteiger partial charge in [-0.25, -0.2) is 0 Å². The molecule has 3 unspecified atom stereocenters. The molecule has 0 bridgehead atoms. The number of nitrogens with zero attached hydrogens (tertiary/aromatic N) is 1. The van der Waals surface area contributed by atoms with E-state index in [-0.39, 0.29) is 29.3 Å². The number of anilines is 1. The summed E-state index contributed by atoms with van der Waals surface area (Å²) in [5.41, 5.74) is -0.649. The first-order valence-electron chi connectivity index (χ1n) is 8.55. The summed E-state index contributed by atoms with van der Waals surface area (Å²) in [5, 5.41) is 2.47. The van der Waals surface area contributed by atoms with Crippen molar-refractivity contribution in [1.29, 1.82) is 0 Å². The molecule has 1 aliphatic heterocycles. The Labute approximate surface area is 148 Å². The normalized spacial score (nSPS) is 24.4. The van der Waals surface area contributed by atoms with Gasteiger partial charge in [-0.15, -0.1) is 0 Å². The van der Waals surface area contributed by atoms with Gasteiger partial charge in [0, 0.05) is 5.69 Å². The number of imide groups is 1. The SMILES string of the molecule is CC(C(=O)Nc1ccc(C(F)(F)F)cc1)N1C(=O)C2CCCCC2C1=O. The molecule has 1 N–H and O–H groups in total. The Bertz CT molecular complexity index is 706. The van der Waals surface area contributed by atoms with Crippen LogP contribution in [0.3, 0.4) is 0 Å². The summed E-state index contributed by atoms with van der Waals surface area (Å²) < 4.78 is 37.7. The lowest BCUT2D eigenvalue weighted by Crippen LogP contribution is -2.46. The van der Waals surface area contributed by atoms with E-state index < -0.39 is 23.7 Å². The minimum Gasteiger partial charge on any atom is -0.324 e. The Morgan fingerprint density at radius 3 is 2.04 bits per heavy atom. The molecule has 3 atom stereocenters. The maximum Gasteiger partial charge on any atom is 0.416 e. The number of hydrogen-bond acceptors (Lipinski definition) is 3. The number of likely N-dealkylation sites (tertiary alicyclic amines) is 1. The highest BCUT2D eigenvalue weighted by Crippen LogP contribution is 2.39. The van der Waals surface area contributed by atoms with Crippen molar-refractivity contribution >= 4 is 23.4 Å². The lowest BCUT2D eigenvalue weighted by atomic mass is 9.81. The van der Waals surface area contributed by atoms with Gasteiger partial charge < -0.3 is 5.32 Å². The maximum atomic E-state index is 12.6. The molecule has 2 fully saturated rings. The molecule has 1 aliphatic carbocycles. The molecule has 0 radical (unpaired) electrons. The second-order valence-corrected chi connectivity index (χ2v) is 6.78. The average Bonchev–Trinajstić information content (AvgIpc) is 2.85. The number of carbonyl (C=O) groups excluding carboxylic acids is 3. The number of nitrogens with one attached hydrogen (secondary N) is 1. The van der Waals surface area contributed by atoms with Crippen molar-refractivity contribution in [3.05, 3.63) is 29.8 Å². The van der Waals surface area contributed by atoms with Crippen LogP contribution in [0.1, 0.15) is 38.2 Å². The first-order chi connectivity index (χ1) is 12.2. The maximum absolute atomic E-state index is 12.6. The van der Waals surface area contributed by atoms with Crippen molar-refractivity contribution in [3.63, 3.8) is 0 Å². The van der Waals surface area contributed by atoms with Gasteiger partial charge in [-0.1, -0.05) is 12.8 Å². The number of rotatable bonds is 3. The smallest absolute Gasteiger partial charge is 0.324 e. The molecule has 2 aliphatic rings. The van der Waals surface area contributed by atoms with Crippen LogP contribution in [0.5, 0.6) is 0 Å². The Morgan fingerprint density at radius 2 is 1.58 bits per heavy atom. The van der Waals surface area contributed by atoms with Gasteiger partial charge in [0.15, 0.2) is 0 Å². The van der Waals surface area contributed by atoms with E-state index in [1.807, 2.05) is 0 Å². The van der Waals surface area contributed by atoms with E-state index in [4.69, 9.17) is 0 Å². The Morgan fingerprint density at radius 1 is 1.08 bits per heavy atom. The predicted molar refractivity (Wildman–Crippen MR) is 86.8 cm³/mol. The predicted octanol–water partition coefficient (Wildman–Crippen LogP) is 3.21. The summed E-state index contributed by atoms with van der Waals surface area (Å²) in [4.78, 5) is 38.4. The van der Waals surface area contributed by atoms with Gasteiger partial charge in [-0.3, -0.25) is 19.3 Å². The van der Waals surface area contributed by atoms with Crippen LogP contribution in [-0.4, -0.2) is 28.7 Å². The molecular formula is C18H19F3N2O3. The van der Waals surface area contributed by atoms with Gasteiger partial charge >= 0.3 is 6.18 Å². The molecule has 1 aromatic rings. The van der Waals surface area contributed by atoms with Crippen LogP contribution < -0.4 is 5.32 Å². The fourth-order valence-electron chi connectivity index (χ4n) is 3.68. The van der Waals surface area contributed by atoms with E-state index >= 15 is 0 Å². The van der Waals surface area contributed by atoms with Gasteiger partial charge in [0.25, 0.3) is 0 Å². The summed E-state index contributed by atoms with van der Waals surface area (Å²) in [6.07, 6.45) is -1.38. The monoisotopic (exact) mass is 368 g/mol. The van der Waals surface area contributed by atoms with Gasteiger partial charge in [-0.05, 0) is 44.0 Å². The van der Waals surface area contributed by atoms with E-state index in [9.17, 15) is 27.6 Å². The van der Waals surface area contributed by atoms with E-state index in [2.05, 4.69) is 5.32 Å². The van der Waals surface area contributed by atoms with Crippen molar-refractivity contribution in [3.8, 4) is 0 Å². The highest BCUT2D eigenvalue weighted by molar-refractivity contribution is 6.09. The van der Waals surface area contributed by atoms with Crippen LogP contribution in [0.2, 0.25) is 0 Å². The number of benzene rings is 1. The Hall–Kier alpha value is -2.38. The zero-order valence-electron chi connectivity index (χ0n) is 14.2. The van der Waals surface area contributed by atoms with E-state index in [1.54, 1.807) is 0 Å². The minimum absolute atomic E-state index is 0.173. The number of carbonyl (C=O) groups is 3. The van der Waals surface area contributed by atoms with E-state index in [1.165, 1.54) is 6.92 Å². The number of halogens is 3. The molecule has 26 heavy (non-hydrogen) atoms. The molecule has 0 spiro atoms. The highest BCUT2D eigenvalue weighted by atomic mass is 19.4. The molecule has 3 rings (SSSR count). The largest absolute Gasteiger partial charge is 0.416 e. The Kier molecular flexibility index (Phi) is 4.77. The topological polar surface area (TPSA) is 66.5 Å². The fourth-order valence-corrected chi connectivity index (χ4v) is 3.68. The highest BCUT2D eigenvalue weighted by Gasteiger charge is 2.50. The van der Waals surface area contributed by atoms with Crippen LogP contribution >= 0.6 is 0 Å². The second-order valence-electron chi connectivity index (χ2n) is 6.78. The number of amides is 3. The molecular weight excluding hydrogens is 349 g/mol. The molecule has 1 saturated heterocycles. The molecule has 3 amide bonds. The van der Waals surface area contributed by atoms with Crippen molar-refractivity contribution in [2.75, 3.05) is 5.32 Å². The third-order valence-corrected chi connectivity index (χ3v) is 5.12. The summed E-state index contributed by atoms with van der Waals surface area (Å²) in [5.74, 6) is -1.95. The lowest BCUT2D eigenvalue weighted by Gasteiger charge is -2.22. The van der Waals surface area contributed by atoms with Crippen LogP contribution in [-0.2, 0) is 20.6 Å². The van der Waals surface area contributed by atoms with Gasteiger partial charge in [0.2, 0.25) is 17.7 Å². The van der Waals surface area contributed by atoms with Crippen LogP contribution in [0.15, 0.2) is 24.3 Å². The molecule has 1 saturated carbocycles. The molecule has 1 heterocycles. The van der Waals surface area contributed by atoms with Crippen LogP contribution in [0.4, 0.5) is 18.9 Å². The summed E-state index contributed by atoms with van der Waals surface area (Å²) in [6, 6.07) is 2.99. The zero-order valence-corrected chi connectivity index (χ0v) is 14.2. The second kappa shape index (κ2) is 6.74. The third kappa shape index (κ3) is 3.32. The fraction of sp³-hybridized carbons (Fsp3) is 0.500. The van der Waals surface area contributed by atoms with Crippen LogP contribution in [0.25, 0.3) is 0 Å². The van der Waals surface area contributed by atoms with Crippen molar-refractivity contribution in [2.24, 2.45) is 11.8 Å². The minimum atomic E-state index is -4.46. The molecule has 140 valence electrons. The molecule has 1 aromatic carbocycles. The van der Waals surface area contributed by atoms with Gasteiger partial charge in [-0.2, -0.15) is 13.2 Å². The first kappa shape index (κ1) is 18.4. The van der Waals surface area contributed by atoms with Crippen LogP contribution in [0, 0.1) is 11.8 Å². The molecule has 0 aromatic heterocycles. The number of fused-ring (bicyclic) bond motifs is 1. The summed E-state index contributed by atoms with van der Waals surface area (Å²) in [7, 11) is 0. The van der Waals surface area contributed by atoms with Crippen molar-refractivity contribution < 1.29 is 27.6 Å². The van der Waals surface area contributed by atoms with Gasteiger partial charge in [0.1, 0.15) is 6.04 Å². The third-order valence-electron chi connectivity index (χ3n) is 5.12. The summed E-state index contributed by atoms with van der Waals surface area (Å²) in [6.45, 7) is 1.45. The van der Waals surface area contributed by atoms with Gasteiger partial charge in [0.05, 0.1) is 17.4 Å².